The lowest BCUT2D eigenvalue weighted by Crippen LogP contribution is -2.42. The highest BCUT2D eigenvalue weighted by Gasteiger charge is 2.31. The Bertz CT molecular complexity index is 202. The number of ether oxygens (including phenoxy) is 1. The minimum absolute atomic E-state index is 0.516. The first kappa shape index (κ1) is 12.3. The van der Waals surface area contributed by atoms with Gasteiger partial charge in [0.15, 0.2) is 0 Å². The summed E-state index contributed by atoms with van der Waals surface area (Å²) in [6, 6.07) is 1.61. The molecule has 1 saturated heterocycles. The zero-order valence-corrected chi connectivity index (χ0v) is 10.7. The number of hydrogen-bond acceptors (Lipinski definition) is 3. The van der Waals surface area contributed by atoms with Crippen LogP contribution in [0.15, 0.2) is 0 Å². The van der Waals surface area contributed by atoms with Crippen LogP contribution in [-0.2, 0) is 4.74 Å². The Labute approximate surface area is 99.5 Å². The second-order valence-corrected chi connectivity index (χ2v) is 5.19. The van der Waals surface area contributed by atoms with Crippen molar-refractivity contribution in [3.63, 3.8) is 0 Å². The molecule has 0 amide bonds. The van der Waals surface area contributed by atoms with Crippen LogP contribution in [0, 0.1) is 0 Å². The van der Waals surface area contributed by atoms with E-state index in [0.717, 1.165) is 18.6 Å². The SMILES string of the molecule is CCNC1CCC(N2CCC(OC)CC2)C1. The Morgan fingerprint density at radius 3 is 2.56 bits per heavy atom. The molecule has 2 fully saturated rings. The van der Waals surface area contributed by atoms with E-state index in [0.29, 0.717) is 6.10 Å². The monoisotopic (exact) mass is 226 g/mol. The molecule has 3 heteroatoms. The van der Waals surface area contributed by atoms with E-state index in [1.807, 2.05) is 7.11 Å². The molecular weight excluding hydrogens is 200 g/mol. The van der Waals surface area contributed by atoms with Gasteiger partial charge in [-0.05, 0) is 38.6 Å². The molecule has 94 valence electrons. The number of nitrogens with zero attached hydrogens (tertiary/aromatic N) is 1. The van der Waals surface area contributed by atoms with Crippen LogP contribution >= 0.6 is 0 Å². The molecule has 2 unspecified atom stereocenters. The molecule has 2 aliphatic rings. The fraction of sp³-hybridized carbons (Fsp3) is 1.00. The van der Waals surface area contributed by atoms with Gasteiger partial charge < -0.3 is 15.0 Å². The van der Waals surface area contributed by atoms with Gasteiger partial charge in [0.2, 0.25) is 0 Å². The smallest absolute Gasteiger partial charge is 0.0595 e. The minimum atomic E-state index is 0.516. The normalized spacial score (nSPS) is 33.4. The molecule has 2 atom stereocenters. The summed E-state index contributed by atoms with van der Waals surface area (Å²) in [5.74, 6) is 0. The molecule has 2 rings (SSSR count). The largest absolute Gasteiger partial charge is 0.381 e. The van der Waals surface area contributed by atoms with Crippen molar-refractivity contribution in [2.24, 2.45) is 0 Å². The van der Waals surface area contributed by atoms with Crippen LogP contribution in [0.25, 0.3) is 0 Å². The van der Waals surface area contributed by atoms with Gasteiger partial charge in [0, 0.05) is 32.3 Å². The molecule has 1 N–H and O–H groups in total. The highest BCUT2D eigenvalue weighted by Crippen LogP contribution is 2.27. The van der Waals surface area contributed by atoms with Gasteiger partial charge in [-0.1, -0.05) is 6.92 Å². The van der Waals surface area contributed by atoms with Crippen molar-refractivity contribution in [1.82, 2.24) is 10.2 Å². The first-order chi connectivity index (χ1) is 7.83. The Kier molecular flexibility index (Phi) is 4.62. The number of methoxy groups -OCH3 is 1. The fourth-order valence-corrected chi connectivity index (χ4v) is 3.24. The third-order valence-corrected chi connectivity index (χ3v) is 4.22. The number of likely N-dealkylation sites (tertiary alicyclic amines) is 1. The molecule has 0 aromatic rings. The average Bonchev–Trinajstić information content (AvgIpc) is 2.78. The van der Waals surface area contributed by atoms with Crippen molar-refractivity contribution in [2.75, 3.05) is 26.7 Å². The maximum atomic E-state index is 5.42. The predicted octanol–water partition coefficient (Wildman–Crippen LogP) is 1.63. The number of hydrogen-bond donors (Lipinski definition) is 1. The zero-order valence-electron chi connectivity index (χ0n) is 10.7. The Morgan fingerprint density at radius 2 is 1.94 bits per heavy atom. The van der Waals surface area contributed by atoms with Crippen LogP contribution in [0.1, 0.15) is 39.0 Å². The Balaban J connectivity index is 1.73. The highest BCUT2D eigenvalue weighted by atomic mass is 16.5. The van der Waals surface area contributed by atoms with Crippen molar-refractivity contribution >= 4 is 0 Å². The van der Waals surface area contributed by atoms with Crippen LogP contribution in [0.2, 0.25) is 0 Å². The lowest BCUT2D eigenvalue weighted by molar-refractivity contribution is 0.0278. The average molecular weight is 226 g/mol. The van der Waals surface area contributed by atoms with Crippen molar-refractivity contribution in [2.45, 2.75) is 57.2 Å². The van der Waals surface area contributed by atoms with Gasteiger partial charge in [0.1, 0.15) is 0 Å². The molecule has 1 saturated carbocycles. The van der Waals surface area contributed by atoms with E-state index in [1.165, 1.54) is 45.2 Å². The Morgan fingerprint density at radius 1 is 1.19 bits per heavy atom. The van der Waals surface area contributed by atoms with Crippen molar-refractivity contribution < 1.29 is 4.74 Å². The van der Waals surface area contributed by atoms with Crippen LogP contribution in [0.3, 0.4) is 0 Å². The maximum absolute atomic E-state index is 5.42. The van der Waals surface area contributed by atoms with Gasteiger partial charge in [-0.15, -0.1) is 0 Å². The van der Waals surface area contributed by atoms with E-state index in [1.54, 1.807) is 0 Å². The first-order valence-electron chi connectivity index (χ1n) is 6.83. The molecule has 16 heavy (non-hydrogen) atoms. The lowest BCUT2D eigenvalue weighted by atomic mass is 10.0. The van der Waals surface area contributed by atoms with Crippen molar-refractivity contribution in [3.05, 3.63) is 0 Å². The fourth-order valence-electron chi connectivity index (χ4n) is 3.24. The van der Waals surface area contributed by atoms with E-state index < -0.39 is 0 Å². The topological polar surface area (TPSA) is 24.5 Å². The van der Waals surface area contributed by atoms with Gasteiger partial charge in [-0.2, -0.15) is 0 Å². The third kappa shape index (κ3) is 2.96. The van der Waals surface area contributed by atoms with Gasteiger partial charge in [-0.3, -0.25) is 0 Å². The molecule has 1 aliphatic heterocycles. The number of nitrogens with one attached hydrogen (secondary N) is 1. The summed E-state index contributed by atoms with van der Waals surface area (Å²) in [4.78, 5) is 2.69. The lowest BCUT2D eigenvalue weighted by Gasteiger charge is -2.35. The summed E-state index contributed by atoms with van der Waals surface area (Å²) in [6.45, 7) is 5.80. The molecule has 0 radical (unpaired) electrons. The highest BCUT2D eigenvalue weighted by molar-refractivity contribution is 4.88. The van der Waals surface area contributed by atoms with E-state index >= 15 is 0 Å². The summed E-state index contributed by atoms with van der Waals surface area (Å²) in [6.07, 6.45) is 7.06. The van der Waals surface area contributed by atoms with Crippen LogP contribution < -0.4 is 5.32 Å². The van der Waals surface area contributed by atoms with Gasteiger partial charge in [0.05, 0.1) is 6.10 Å². The van der Waals surface area contributed by atoms with E-state index in [9.17, 15) is 0 Å². The molecular formula is C13H26N2O. The number of piperidine rings is 1. The number of rotatable bonds is 4. The van der Waals surface area contributed by atoms with Crippen LogP contribution in [0.5, 0.6) is 0 Å². The van der Waals surface area contributed by atoms with E-state index in [4.69, 9.17) is 4.74 Å². The predicted molar refractivity (Wildman–Crippen MR) is 66.7 cm³/mol. The molecule has 1 heterocycles. The molecule has 0 aromatic carbocycles. The van der Waals surface area contributed by atoms with Gasteiger partial charge in [0.25, 0.3) is 0 Å². The van der Waals surface area contributed by atoms with Crippen molar-refractivity contribution in [3.8, 4) is 0 Å². The molecule has 1 aliphatic carbocycles. The quantitative estimate of drug-likeness (QED) is 0.788. The third-order valence-electron chi connectivity index (χ3n) is 4.22. The minimum Gasteiger partial charge on any atom is -0.381 e. The summed E-state index contributed by atoms with van der Waals surface area (Å²) in [5.41, 5.74) is 0. The molecule has 0 aromatic heterocycles. The summed E-state index contributed by atoms with van der Waals surface area (Å²) >= 11 is 0. The molecule has 0 spiro atoms. The molecule has 3 nitrogen and oxygen atoms in total. The second kappa shape index (κ2) is 5.99. The van der Waals surface area contributed by atoms with Crippen molar-refractivity contribution in [1.29, 1.82) is 0 Å². The Hall–Kier alpha value is -0.120. The van der Waals surface area contributed by atoms with Gasteiger partial charge >= 0.3 is 0 Å². The second-order valence-electron chi connectivity index (χ2n) is 5.19. The summed E-state index contributed by atoms with van der Waals surface area (Å²) in [7, 11) is 1.84. The van der Waals surface area contributed by atoms with Crippen LogP contribution in [0.4, 0.5) is 0 Å². The first-order valence-corrected chi connectivity index (χ1v) is 6.83. The summed E-state index contributed by atoms with van der Waals surface area (Å²) < 4.78 is 5.42. The summed E-state index contributed by atoms with van der Waals surface area (Å²) in [5, 5.41) is 3.58. The van der Waals surface area contributed by atoms with Crippen LogP contribution in [-0.4, -0.2) is 49.8 Å². The standard InChI is InChI=1S/C13H26N2O/c1-3-14-11-4-5-12(10-11)15-8-6-13(16-2)7-9-15/h11-14H,3-10H2,1-2H3. The van der Waals surface area contributed by atoms with E-state index in [2.05, 4.69) is 17.1 Å². The molecule has 0 bridgehead atoms. The zero-order chi connectivity index (χ0) is 11.4. The van der Waals surface area contributed by atoms with Gasteiger partial charge in [-0.25, -0.2) is 0 Å². The maximum Gasteiger partial charge on any atom is 0.0595 e. The van der Waals surface area contributed by atoms with E-state index in [-0.39, 0.29) is 0 Å².